The molecule has 5 heteroatoms. The van der Waals surface area contributed by atoms with E-state index in [2.05, 4.69) is 5.32 Å². The first-order chi connectivity index (χ1) is 8.63. The summed E-state index contributed by atoms with van der Waals surface area (Å²) in [6, 6.07) is 4.58. The molecule has 2 aliphatic rings. The zero-order chi connectivity index (χ0) is 13.3. The lowest BCUT2D eigenvalue weighted by atomic mass is 9.65. The van der Waals surface area contributed by atoms with E-state index in [4.69, 9.17) is 0 Å². The number of benzene rings is 1. The Hall–Kier alpha value is -1.91. The van der Waals surface area contributed by atoms with Gasteiger partial charge >= 0.3 is 0 Å². The second kappa shape index (κ2) is 4.40. The predicted molar refractivity (Wildman–Crippen MR) is 68.6 cm³/mol. The van der Waals surface area contributed by atoms with Crippen LogP contribution in [0.25, 0.3) is 0 Å². The van der Waals surface area contributed by atoms with Gasteiger partial charge in [0.2, 0.25) is 5.91 Å². The van der Waals surface area contributed by atoms with Gasteiger partial charge in [-0.1, -0.05) is 20.3 Å². The number of non-ortho nitro benzene ring substituents is 1. The van der Waals surface area contributed by atoms with Crippen molar-refractivity contribution in [2.24, 2.45) is 0 Å². The normalized spacial score (nSPS) is 18.2. The van der Waals surface area contributed by atoms with Crippen LogP contribution in [0.4, 0.5) is 11.4 Å². The molecule has 0 atom stereocenters. The molecule has 1 fully saturated rings. The highest BCUT2D eigenvalue weighted by atomic mass is 16.6. The molecule has 0 saturated heterocycles. The molecule has 1 aliphatic heterocycles. The first-order valence-corrected chi connectivity index (χ1v) is 6.24. The van der Waals surface area contributed by atoms with Crippen molar-refractivity contribution in [1.82, 2.24) is 0 Å². The van der Waals surface area contributed by atoms with Crippen LogP contribution in [0.1, 0.15) is 38.7 Å². The first-order valence-electron chi connectivity index (χ1n) is 6.24. The van der Waals surface area contributed by atoms with Gasteiger partial charge in [-0.15, -0.1) is 0 Å². The summed E-state index contributed by atoms with van der Waals surface area (Å²) in [5.74, 6) is -0.00533. The molecule has 96 valence electrons. The standard InChI is InChI=1S/C11H10N2O3.C2H6/c14-10-11(4-1-5-11)8-6-7(13(15)16)2-3-9(8)12-10;1-2/h2-3,6H,1,4-5H2,(H,12,14);1-2H3. The highest BCUT2D eigenvalue weighted by molar-refractivity contribution is 6.07. The molecule has 1 amide bonds. The molecule has 1 aliphatic carbocycles. The number of anilines is 1. The van der Waals surface area contributed by atoms with Gasteiger partial charge in [0.1, 0.15) is 0 Å². The Bertz CT molecular complexity index is 507. The average Bonchev–Trinajstić information content (AvgIpc) is 2.62. The fraction of sp³-hybridized carbons (Fsp3) is 0.462. The first kappa shape index (κ1) is 12.5. The van der Waals surface area contributed by atoms with Crippen molar-refractivity contribution in [1.29, 1.82) is 0 Å². The van der Waals surface area contributed by atoms with E-state index < -0.39 is 10.3 Å². The van der Waals surface area contributed by atoms with Crippen LogP contribution >= 0.6 is 0 Å². The van der Waals surface area contributed by atoms with Gasteiger partial charge in [-0.05, 0) is 24.5 Å². The summed E-state index contributed by atoms with van der Waals surface area (Å²) < 4.78 is 0. The van der Waals surface area contributed by atoms with Gasteiger partial charge in [0.25, 0.3) is 5.69 Å². The number of carbonyl (C=O) groups is 1. The maximum Gasteiger partial charge on any atom is 0.269 e. The number of carbonyl (C=O) groups excluding carboxylic acids is 1. The molecule has 0 bridgehead atoms. The summed E-state index contributed by atoms with van der Waals surface area (Å²) in [4.78, 5) is 22.1. The van der Waals surface area contributed by atoms with Gasteiger partial charge in [0, 0.05) is 17.8 Å². The van der Waals surface area contributed by atoms with E-state index >= 15 is 0 Å². The summed E-state index contributed by atoms with van der Waals surface area (Å²) in [7, 11) is 0. The number of nitro groups is 1. The van der Waals surface area contributed by atoms with Crippen molar-refractivity contribution < 1.29 is 9.72 Å². The number of nitro benzene ring substituents is 1. The molecule has 0 unspecified atom stereocenters. The van der Waals surface area contributed by atoms with Crippen molar-refractivity contribution in [2.75, 3.05) is 5.32 Å². The van der Waals surface area contributed by atoms with Crippen LogP contribution in [-0.2, 0) is 10.2 Å². The Morgan fingerprint density at radius 1 is 1.33 bits per heavy atom. The van der Waals surface area contributed by atoms with E-state index in [9.17, 15) is 14.9 Å². The van der Waals surface area contributed by atoms with Crippen molar-refractivity contribution in [3.8, 4) is 0 Å². The van der Waals surface area contributed by atoms with Crippen LogP contribution < -0.4 is 5.32 Å². The lowest BCUT2D eigenvalue weighted by Gasteiger charge is -2.35. The quantitative estimate of drug-likeness (QED) is 0.613. The minimum absolute atomic E-state index is 0.00533. The van der Waals surface area contributed by atoms with Crippen LogP contribution in [-0.4, -0.2) is 10.8 Å². The van der Waals surface area contributed by atoms with Gasteiger partial charge in [-0.3, -0.25) is 14.9 Å². The Morgan fingerprint density at radius 3 is 2.50 bits per heavy atom. The molecule has 1 heterocycles. The maximum atomic E-state index is 11.8. The second-order valence-electron chi connectivity index (χ2n) is 4.38. The highest BCUT2D eigenvalue weighted by Gasteiger charge is 2.51. The summed E-state index contributed by atoms with van der Waals surface area (Å²) in [5, 5.41) is 13.5. The third-order valence-electron chi connectivity index (χ3n) is 3.62. The minimum atomic E-state index is -0.471. The monoisotopic (exact) mass is 248 g/mol. The van der Waals surface area contributed by atoms with Gasteiger partial charge in [-0.25, -0.2) is 0 Å². The van der Waals surface area contributed by atoms with E-state index in [0.29, 0.717) is 0 Å². The maximum absolute atomic E-state index is 11.8. The number of nitrogens with zero attached hydrogens (tertiary/aromatic N) is 1. The lowest BCUT2D eigenvalue weighted by molar-refractivity contribution is -0.384. The Morgan fingerprint density at radius 2 is 2.00 bits per heavy atom. The van der Waals surface area contributed by atoms with Gasteiger partial charge < -0.3 is 5.32 Å². The van der Waals surface area contributed by atoms with Gasteiger partial charge in [0.15, 0.2) is 0 Å². The molecule has 1 aromatic carbocycles. The molecule has 5 nitrogen and oxygen atoms in total. The zero-order valence-corrected chi connectivity index (χ0v) is 10.5. The molecule has 0 radical (unpaired) electrons. The number of hydrogen-bond donors (Lipinski definition) is 1. The zero-order valence-electron chi connectivity index (χ0n) is 10.5. The molecule has 0 aromatic heterocycles. The SMILES string of the molecule is CC.O=C1Nc2ccc([N+](=O)[O-])cc2C12CCC2. The summed E-state index contributed by atoms with van der Waals surface area (Å²) >= 11 is 0. The number of amides is 1. The molecule has 1 aromatic rings. The summed E-state index contributed by atoms with van der Waals surface area (Å²) in [6.45, 7) is 4.00. The van der Waals surface area contributed by atoms with Crippen LogP contribution in [0.15, 0.2) is 18.2 Å². The van der Waals surface area contributed by atoms with Crippen molar-refractivity contribution in [3.63, 3.8) is 0 Å². The second-order valence-corrected chi connectivity index (χ2v) is 4.38. The predicted octanol–water partition coefficient (Wildman–Crippen LogP) is 2.99. The van der Waals surface area contributed by atoms with E-state index in [1.54, 1.807) is 6.07 Å². The highest BCUT2D eigenvalue weighted by Crippen LogP contribution is 2.51. The fourth-order valence-corrected chi connectivity index (χ4v) is 2.54. The van der Waals surface area contributed by atoms with Gasteiger partial charge in [0.05, 0.1) is 10.3 Å². The fourth-order valence-electron chi connectivity index (χ4n) is 2.54. The number of rotatable bonds is 1. The van der Waals surface area contributed by atoms with E-state index in [0.717, 1.165) is 30.5 Å². The smallest absolute Gasteiger partial charge is 0.269 e. The number of hydrogen-bond acceptors (Lipinski definition) is 3. The van der Waals surface area contributed by atoms with Crippen LogP contribution in [0, 0.1) is 10.1 Å². The average molecular weight is 248 g/mol. The van der Waals surface area contributed by atoms with Crippen molar-refractivity contribution in [2.45, 2.75) is 38.5 Å². The number of nitrogens with one attached hydrogen (secondary N) is 1. The summed E-state index contributed by atoms with van der Waals surface area (Å²) in [6.07, 6.45) is 2.61. The van der Waals surface area contributed by atoms with Crippen molar-refractivity contribution >= 4 is 17.3 Å². The third-order valence-corrected chi connectivity index (χ3v) is 3.62. The number of fused-ring (bicyclic) bond motifs is 2. The minimum Gasteiger partial charge on any atom is -0.325 e. The molecule has 1 spiro atoms. The van der Waals surface area contributed by atoms with E-state index in [-0.39, 0.29) is 11.6 Å². The van der Waals surface area contributed by atoms with E-state index in [1.165, 1.54) is 12.1 Å². The third kappa shape index (κ3) is 1.58. The molecule has 18 heavy (non-hydrogen) atoms. The van der Waals surface area contributed by atoms with Crippen LogP contribution in [0.5, 0.6) is 0 Å². The van der Waals surface area contributed by atoms with Crippen LogP contribution in [0.2, 0.25) is 0 Å². The van der Waals surface area contributed by atoms with E-state index in [1.807, 2.05) is 13.8 Å². The Kier molecular flexibility index (Phi) is 3.07. The molecule has 3 rings (SSSR count). The molecule has 1 saturated carbocycles. The molecular weight excluding hydrogens is 232 g/mol. The Labute approximate surface area is 105 Å². The topological polar surface area (TPSA) is 72.2 Å². The largest absolute Gasteiger partial charge is 0.325 e. The van der Waals surface area contributed by atoms with Crippen molar-refractivity contribution in [3.05, 3.63) is 33.9 Å². The Balaban J connectivity index is 0.000000574. The molecular formula is C13H16N2O3. The van der Waals surface area contributed by atoms with Gasteiger partial charge in [-0.2, -0.15) is 0 Å². The lowest BCUT2D eigenvalue weighted by Crippen LogP contribution is -2.40. The summed E-state index contributed by atoms with van der Waals surface area (Å²) in [5.41, 5.74) is 1.12. The molecule has 1 N–H and O–H groups in total. The van der Waals surface area contributed by atoms with Crippen LogP contribution in [0.3, 0.4) is 0 Å².